The monoisotopic (exact) mass is 472 g/mol. The van der Waals surface area contributed by atoms with E-state index in [0.29, 0.717) is 16.9 Å². The number of nitriles is 1. The van der Waals surface area contributed by atoms with E-state index < -0.39 is 18.0 Å². The highest BCUT2D eigenvalue weighted by Gasteiger charge is 2.32. The van der Waals surface area contributed by atoms with E-state index in [2.05, 4.69) is 4.98 Å². The molecule has 0 aliphatic carbocycles. The van der Waals surface area contributed by atoms with E-state index in [0.717, 1.165) is 21.9 Å². The number of carbonyl (C=O) groups excluding carboxylic acids is 1. The highest BCUT2D eigenvalue weighted by molar-refractivity contribution is 8.00. The fraction of sp³-hybridized carbons (Fsp3) is 0.292. The summed E-state index contributed by atoms with van der Waals surface area (Å²) in [6, 6.07) is 18.0. The Bertz CT molecular complexity index is 1120. The number of anilines is 1. The number of halogens is 3. The molecule has 0 bridgehead atoms. The molecule has 1 heterocycles. The van der Waals surface area contributed by atoms with Crippen LogP contribution < -0.4 is 4.90 Å². The minimum absolute atomic E-state index is 0.108. The number of benzene rings is 2. The summed E-state index contributed by atoms with van der Waals surface area (Å²) in [6.07, 6.45) is -2.92. The van der Waals surface area contributed by atoms with Crippen LogP contribution in [0.15, 0.2) is 66.0 Å². The number of aromatic nitrogens is 2. The molecule has 1 unspecified atom stereocenters. The summed E-state index contributed by atoms with van der Waals surface area (Å²) >= 11 is 0.972. The van der Waals surface area contributed by atoms with Crippen LogP contribution in [-0.2, 0) is 11.3 Å². The molecule has 0 spiro atoms. The molecule has 1 aromatic heterocycles. The van der Waals surface area contributed by atoms with Crippen molar-refractivity contribution < 1.29 is 18.0 Å². The molecule has 0 saturated heterocycles. The highest BCUT2D eigenvalue weighted by atomic mass is 32.2. The predicted octanol–water partition coefficient (Wildman–Crippen LogP) is 5.85. The van der Waals surface area contributed by atoms with Gasteiger partial charge in [0.1, 0.15) is 6.54 Å². The van der Waals surface area contributed by atoms with Gasteiger partial charge in [-0.05, 0) is 31.5 Å². The normalized spacial score (nSPS) is 12.2. The molecule has 0 N–H and O–H groups in total. The van der Waals surface area contributed by atoms with Gasteiger partial charge in [-0.3, -0.25) is 4.79 Å². The molecule has 1 amide bonds. The molecule has 33 heavy (non-hydrogen) atoms. The number of carbonyl (C=O) groups is 1. The summed E-state index contributed by atoms with van der Waals surface area (Å²) in [7, 11) is 0. The van der Waals surface area contributed by atoms with Gasteiger partial charge in [-0.15, -0.1) is 0 Å². The first-order valence-electron chi connectivity index (χ1n) is 10.3. The second-order valence-electron chi connectivity index (χ2n) is 7.49. The summed E-state index contributed by atoms with van der Waals surface area (Å²) in [5.74, 6) is -0.304. The quantitative estimate of drug-likeness (QED) is 0.386. The first-order valence-corrected chi connectivity index (χ1v) is 11.2. The molecular weight excluding hydrogens is 449 g/mol. The van der Waals surface area contributed by atoms with Gasteiger partial charge >= 0.3 is 6.18 Å². The Labute approximate surface area is 194 Å². The Morgan fingerprint density at radius 2 is 1.85 bits per heavy atom. The lowest BCUT2D eigenvalue weighted by atomic mass is 10.2. The lowest BCUT2D eigenvalue weighted by Gasteiger charge is -2.25. The van der Waals surface area contributed by atoms with Crippen molar-refractivity contribution in [1.29, 1.82) is 5.26 Å². The molecule has 1 atom stereocenters. The van der Waals surface area contributed by atoms with E-state index in [1.807, 2.05) is 25.1 Å². The summed E-state index contributed by atoms with van der Waals surface area (Å²) in [5.41, 5.74) is 2.60. The number of thioether (sulfide) groups is 1. The maximum atomic E-state index is 13.3. The Kier molecular flexibility index (Phi) is 7.82. The molecule has 0 fully saturated rings. The number of alkyl halides is 3. The molecular formula is C24H23F3N4OS. The summed E-state index contributed by atoms with van der Waals surface area (Å²) in [5, 5.41) is 8.39. The third-order valence-corrected chi connectivity index (χ3v) is 6.01. The van der Waals surface area contributed by atoms with Gasteiger partial charge in [0.05, 0.1) is 29.6 Å². The summed E-state index contributed by atoms with van der Waals surface area (Å²) < 4.78 is 41.1. The standard InChI is InChI=1S/C24H23F3N4OS/c1-17-9-11-20(12-10-17)30(14-6-13-28)22(32)18(2)33-23-29-15-21(19-7-4-3-5-8-19)31(23)16-24(25,26)27/h3-5,7-12,15,18H,6,14,16H2,1-2H3. The first-order chi connectivity index (χ1) is 15.7. The zero-order valence-corrected chi connectivity index (χ0v) is 19.0. The van der Waals surface area contributed by atoms with Crippen LogP contribution in [0.5, 0.6) is 0 Å². The van der Waals surface area contributed by atoms with Crippen molar-refractivity contribution in [2.75, 3.05) is 11.4 Å². The second-order valence-corrected chi connectivity index (χ2v) is 8.79. The Morgan fingerprint density at radius 1 is 1.18 bits per heavy atom. The van der Waals surface area contributed by atoms with Crippen LogP contribution in [0.4, 0.5) is 18.9 Å². The molecule has 2 aromatic carbocycles. The lowest BCUT2D eigenvalue weighted by molar-refractivity contribution is -0.141. The number of hydrogen-bond acceptors (Lipinski definition) is 4. The van der Waals surface area contributed by atoms with Gasteiger partial charge in [0.2, 0.25) is 5.91 Å². The van der Waals surface area contributed by atoms with Gasteiger partial charge in [-0.2, -0.15) is 18.4 Å². The number of hydrogen-bond donors (Lipinski definition) is 0. The van der Waals surface area contributed by atoms with Crippen molar-refractivity contribution in [2.45, 2.75) is 43.4 Å². The highest BCUT2D eigenvalue weighted by Crippen LogP contribution is 2.32. The first kappa shape index (κ1) is 24.4. The molecule has 3 aromatic rings. The number of rotatable bonds is 8. The zero-order chi connectivity index (χ0) is 24.0. The molecule has 5 nitrogen and oxygen atoms in total. The third kappa shape index (κ3) is 6.39. The average molecular weight is 473 g/mol. The SMILES string of the molecule is Cc1ccc(N(CCC#N)C(=O)C(C)Sc2ncc(-c3ccccc3)n2CC(F)(F)F)cc1. The maximum absolute atomic E-state index is 13.3. The smallest absolute Gasteiger partial charge is 0.310 e. The van der Waals surface area contributed by atoms with Crippen LogP contribution in [0.2, 0.25) is 0 Å². The number of nitrogens with zero attached hydrogens (tertiary/aromatic N) is 4. The molecule has 0 saturated carbocycles. The molecule has 9 heteroatoms. The van der Waals surface area contributed by atoms with E-state index >= 15 is 0 Å². The number of amides is 1. The van der Waals surface area contributed by atoms with Crippen LogP contribution in [-0.4, -0.2) is 33.4 Å². The molecule has 0 aliphatic heterocycles. The topological polar surface area (TPSA) is 61.9 Å². The van der Waals surface area contributed by atoms with Crippen LogP contribution >= 0.6 is 11.8 Å². The van der Waals surface area contributed by atoms with Crippen molar-refractivity contribution >= 4 is 23.4 Å². The van der Waals surface area contributed by atoms with Crippen molar-refractivity contribution in [2.24, 2.45) is 0 Å². The zero-order valence-electron chi connectivity index (χ0n) is 18.2. The van der Waals surface area contributed by atoms with Crippen molar-refractivity contribution in [3.05, 3.63) is 66.4 Å². The summed E-state index contributed by atoms with van der Waals surface area (Å²) in [4.78, 5) is 19.0. The predicted molar refractivity (Wildman–Crippen MR) is 123 cm³/mol. The average Bonchev–Trinajstić information content (AvgIpc) is 3.16. The maximum Gasteiger partial charge on any atom is 0.406 e. The van der Waals surface area contributed by atoms with E-state index in [-0.39, 0.29) is 24.0 Å². The second kappa shape index (κ2) is 10.6. The minimum atomic E-state index is -4.45. The molecule has 172 valence electrons. The fourth-order valence-corrected chi connectivity index (χ4v) is 4.25. The number of imidazole rings is 1. The van der Waals surface area contributed by atoms with Crippen LogP contribution in [0, 0.1) is 18.3 Å². The van der Waals surface area contributed by atoms with E-state index in [1.165, 1.54) is 11.1 Å². The van der Waals surface area contributed by atoms with Gasteiger partial charge in [-0.1, -0.05) is 59.8 Å². The van der Waals surface area contributed by atoms with E-state index in [9.17, 15) is 18.0 Å². The minimum Gasteiger partial charge on any atom is -0.310 e. The van der Waals surface area contributed by atoms with Crippen LogP contribution in [0.25, 0.3) is 11.3 Å². The van der Waals surface area contributed by atoms with Crippen LogP contribution in [0.3, 0.4) is 0 Å². The van der Waals surface area contributed by atoms with Crippen molar-refractivity contribution in [3.63, 3.8) is 0 Å². The third-order valence-electron chi connectivity index (χ3n) is 4.91. The van der Waals surface area contributed by atoms with E-state index in [1.54, 1.807) is 49.4 Å². The largest absolute Gasteiger partial charge is 0.406 e. The van der Waals surface area contributed by atoms with Gasteiger partial charge < -0.3 is 9.47 Å². The molecule has 0 radical (unpaired) electrons. The lowest BCUT2D eigenvalue weighted by Crippen LogP contribution is -2.37. The Hall–Kier alpha value is -3.25. The molecule has 3 rings (SSSR count). The van der Waals surface area contributed by atoms with E-state index in [4.69, 9.17) is 5.26 Å². The fourth-order valence-electron chi connectivity index (χ4n) is 3.31. The van der Waals surface area contributed by atoms with Gasteiger partial charge in [0.25, 0.3) is 0 Å². The van der Waals surface area contributed by atoms with Crippen LogP contribution in [0.1, 0.15) is 18.9 Å². The number of aryl methyl sites for hydroxylation is 1. The van der Waals surface area contributed by atoms with Gasteiger partial charge in [-0.25, -0.2) is 4.98 Å². The Balaban J connectivity index is 1.89. The van der Waals surface area contributed by atoms with Crippen molar-refractivity contribution in [3.8, 4) is 17.3 Å². The van der Waals surface area contributed by atoms with Gasteiger partial charge in [0.15, 0.2) is 5.16 Å². The van der Waals surface area contributed by atoms with Crippen molar-refractivity contribution in [1.82, 2.24) is 9.55 Å². The Morgan fingerprint density at radius 3 is 2.45 bits per heavy atom. The summed E-state index contributed by atoms with van der Waals surface area (Å²) in [6.45, 7) is 2.54. The molecule has 0 aliphatic rings. The van der Waals surface area contributed by atoms with Gasteiger partial charge in [0, 0.05) is 12.2 Å².